The molecule has 3 N–H and O–H groups in total. The second kappa shape index (κ2) is 5.43. The molecule has 0 saturated carbocycles. The number of hydrogen-bond donors (Lipinski definition) is 3. The van der Waals surface area contributed by atoms with Gasteiger partial charge in [-0.3, -0.25) is 5.10 Å². The average Bonchev–Trinajstić information content (AvgIpc) is 2.98. The summed E-state index contributed by atoms with van der Waals surface area (Å²) in [5.41, 5.74) is -0.338. The van der Waals surface area contributed by atoms with Gasteiger partial charge in [0.15, 0.2) is 5.69 Å². The van der Waals surface area contributed by atoms with Crippen molar-refractivity contribution in [3.05, 3.63) is 30.1 Å². The van der Waals surface area contributed by atoms with Crippen LogP contribution in [0.25, 0.3) is 0 Å². The third-order valence-electron chi connectivity index (χ3n) is 2.58. The van der Waals surface area contributed by atoms with E-state index in [-0.39, 0.29) is 17.1 Å². The number of rotatable bonds is 6. The van der Waals surface area contributed by atoms with Gasteiger partial charge in [-0.15, -0.1) is 0 Å². The molecule has 0 aliphatic rings. The number of carboxylic acids is 1. The number of aromatic amines is 1. The van der Waals surface area contributed by atoms with Gasteiger partial charge in [-0.2, -0.15) is 5.10 Å². The number of hydrogen-bond acceptors (Lipinski definition) is 5. The number of aryl methyl sites for hydroxylation is 1. The number of nitrogens with zero attached hydrogens (tertiary/aromatic N) is 3. The predicted octanol–water partition coefficient (Wildman–Crippen LogP) is -0.409. The van der Waals surface area contributed by atoms with E-state index in [1.165, 1.54) is 6.92 Å². The van der Waals surface area contributed by atoms with Crippen LogP contribution in [0.2, 0.25) is 0 Å². The van der Waals surface area contributed by atoms with E-state index in [0.717, 1.165) is 0 Å². The third-order valence-corrected chi connectivity index (χ3v) is 4.20. The number of aromatic nitrogens is 4. The van der Waals surface area contributed by atoms with Crippen LogP contribution in [0.1, 0.15) is 16.2 Å². The van der Waals surface area contributed by atoms with Crippen LogP contribution < -0.4 is 4.72 Å². The van der Waals surface area contributed by atoms with Crippen molar-refractivity contribution >= 4 is 16.0 Å². The molecule has 0 bridgehead atoms. The van der Waals surface area contributed by atoms with Crippen molar-refractivity contribution in [1.29, 1.82) is 0 Å². The Balaban J connectivity index is 2.14. The summed E-state index contributed by atoms with van der Waals surface area (Å²) in [5, 5.41) is 14.8. The van der Waals surface area contributed by atoms with Gasteiger partial charge in [-0.25, -0.2) is 22.9 Å². The lowest BCUT2D eigenvalue weighted by Gasteiger charge is -2.07. The van der Waals surface area contributed by atoms with Crippen molar-refractivity contribution in [3.8, 4) is 0 Å². The average molecular weight is 299 g/mol. The zero-order chi connectivity index (χ0) is 14.8. The summed E-state index contributed by atoms with van der Waals surface area (Å²) in [7, 11) is -3.93. The molecule has 2 heterocycles. The molecule has 2 rings (SSSR count). The summed E-state index contributed by atoms with van der Waals surface area (Å²) in [6, 6.07) is 0. The molecule has 0 spiro atoms. The van der Waals surface area contributed by atoms with E-state index in [4.69, 9.17) is 5.11 Å². The Morgan fingerprint density at radius 3 is 2.90 bits per heavy atom. The van der Waals surface area contributed by atoms with E-state index in [9.17, 15) is 13.2 Å². The monoisotopic (exact) mass is 299 g/mol. The summed E-state index contributed by atoms with van der Waals surface area (Å²) in [4.78, 5) is 14.4. The minimum absolute atomic E-state index is 0.113. The van der Waals surface area contributed by atoms with Gasteiger partial charge >= 0.3 is 5.97 Å². The molecule has 0 aliphatic heterocycles. The molecular weight excluding hydrogens is 286 g/mol. The van der Waals surface area contributed by atoms with Gasteiger partial charge in [0.25, 0.3) is 0 Å². The van der Waals surface area contributed by atoms with E-state index in [0.29, 0.717) is 6.54 Å². The first-order valence-electron chi connectivity index (χ1n) is 5.65. The summed E-state index contributed by atoms with van der Waals surface area (Å²) in [6.45, 7) is 1.95. The molecular formula is C10H13N5O4S. The van der Waals surface area contributed by atoms with E-state index < -0.39 is 21.7 Å². The van der Waals surface area contributed by atoms with Crippen molar-refractivity contribution < 1.29 is 18.3 Å². The smallest absolute Gasteiger partial charge is 0.357 e. The van der Waals surface area contributed by atoms with Crippen LogP contribution >= 0.6 is 0 Å². The van der Waals surface area contributed by atoms with Crippen LogP contribution in [0.3, 0.4) is 0 Å². The molecule has 0 atom stereocenters. The third kappa shape index (κ3) is 2.86. The number of sulfonamides is 1. The highest BCUT2D eigenvalue weighted by molar-refractivity contribution is 7.89. The maximum absolute atomic E-state index is 12.1. The highest BCUT2D eigenvalue weighted by Gasteiger charge is 2.27. The molecule has 0 aromatic carbocycles. The van der Waals surface area contributed by atoms with Gasteiger partial charge < -0.3 is 9.67 Å². The number of carbonyl (C=O) groups is 1. The Morgan fingerprint density at radius 1 is 1.55 bits per heavy atom. The first-order chi connectivity index (χ1) is 9.42. The van der Waals surface area contributed by atoms with Crippen molar-refractivity contribution in [2.75, 3.05) is 6.54 Å². The lowest BCUT2D eigenvalue weighted by molar-refractivity contribution is 0.0686. The first-order valence-corrected chi connectivity index (χ1v) is 7.14. The topological polar surface area (TPSA) is 130 Å². The molecule has 0 saturated heterocycles. The van der Waals surface area contributed by atoms with Crippen LogP contribution in [-0.2, 0) is 16.6 Å². The van der Waals surface area contributed by atoms with Crippen molar-refractivity contribution in [2.45, 2.75) is 18.4 Å². The van der Waals surface area contributed by atoms with Gasteiger partial charge in [0, 0.05) is 25.5 Å². The van der Waals surface area contributed by atoms with Gasteiger partial charge in [-0.1, -0.05) is 0 Å². The quantitative estimate of drug-likeness (QED) is 0.665. The molecule has 2 aromatic rings. The molecule has 108 valence electrons. The normalized spacial score (nSPS) is 11.7. The summed E-state index contributed by atoms with van der Waals surface area (Å²) in [6.07, 6.45) is 4.83. The van der Waals surface area contributed by atoms with E-state index in [1.54, 1.807) is 23.3 Å². The van der Waals surface area contributed by atoms with Gasteiger partial charge in [0.1, 0.15) is 4.90 Å². The Bertz CT molecular complexity index is 704. The molecule has 2 aromatic heterocycles. The summed E-state index contributed by atoms with van der Waals surface area (Å²) < 4.78 is 28.3. The fourth-order valence-corrected chi connectivity index (χ4v) is 3.03. The van der Waals surface area contributed by atoms with Crippen molar-refractivity contribution in [2.24, 2.45) is 0 Å². The molecule has 0 radical (unpaired) electrons. The minimum Gasteiger partial charge on any atom is -0.476 e. The van der Waals surface area contributed by atoms with Crippen molar-refractivity contribution in [1.82, 2.24) is 24.5 Å². The fraction of sp³-hybridized carbons (Fsp3) is 0.300. The second-order valence-electron chi connectivity index (χ2n) is 4.03. The van der Waals surface area contributed by atoms with E-state index in [2.05, 4.69) is 19.9 Å². The molecule has 0 aliphatic carbocycles. The number of nitrogens with one attached hydrogen (secondary N) is 2. The molecule has 0 amide bonds. The Hall–Kier alpha value is -2.20. The van der Waals surface area contributed by atoms with Crippen LogP contribution in [0, 0.1) is 6.92 Å². The van der Waals surface area contributed by atoms with Crippen LogP contribution in [-0.4, -0.2) is 45.8 Å². The highest BCUT2D eigenvalue weighted by atomic mass is 32.2. The molecule has 0 fully saturated rings. The summed E-state index contributed by atoms with van der Waals surface area (Å²) in [5.74, 6) is -1.40. The maximum atomic E-state index is 12.1. The van der Waals surface area contributed by atoms with Crippen molar-refractivity contribution in [3.63, 3.8) is 0 Å². The maximum Gasteiger partial charge on any atom is 0.357 e. The highest BCUT2D eigenvalue weighted by Crippen LogP contribution is 2.17. The second-order valence-corrected chi connectivity index (χ2v) is 5.73. The Kier molecular flexibility index (Phi) is 3.86. The lowest BCUT2D eigenvalue weighted by atomic mass is 10.4. The van der Waals surface area contributed by atoms with E-state index >= 15 is 0 Å². The molecule has 9 nitrogen and oxygen atoms in total. The molecule has 10 heteroatoms. The minimum atomic E-state index is -3.93. The number of aromatic carboxylic acids is 1. The zero-order valence-corrected chi connectivity index (χ0v) is 11.4. The standard InChI is InChI=1S/C10H13N5O4S/c1-7-9(8(10(16)17)14-13-7)20(18,19)12-3-5-15-4-2-11-6-15/h2,4,6,12H,3,5H2,1H3,(H,13,14)(H,16,17). The lowest BCUT2D eigenvalue weighted by Crippen LogP contribution is -2.28. The SMILES string of the molecule is Cc1[nH]nc(C(=O)O)c1S(=O)(=O)NCCn1ccnc1. The number of carboxylic acid groups (broad SMARTS) is 1. The van der Waals surface area contributed by atoms with Gasteiger partial charge in [0.2, 0.25) is 10.0 Å². The molecule has 0 unspecified atom stereocenters. The summed E-state index contributed by atoms with van der Waals surface area (Å²) >= 11 is 0. The van der Waals surface area contributed by atoms with Crippen LogP contribution in [0.5, 0.6) is 0 Å². The Morgan fingerprint density at radius 2 is 2.30 bits per heavy atom. The predicted molar refractivity (Wildman–Crippen MR) is 67.7 cm³/mol. The van der Waals surface area contributed by atoms with Crippen LogP contribution in [0.4, 0.5) is 0 Å². The van der Waals surface area contributed by atoms with Crippen LogP contribution in [0.15, 0.2) is 23.6 Å². The first kappa shape index (κ1) is 14.2. The van der Waals surface area contributed by atoms with E-state index in [1.807, 2.05) is 0 Å². The van der Waals surface area contributed by atoms with Gasteiger partial charge in [0.05, 0.1) is 12.0 Å². The Labute approximate surface area is 114 Å². The zero-order valence-electron chi connectivity index (χ0n) is 10.6. The van der Waals surface area contributed by atoms with Gasteiger partial charge in [-0.05, 0) is 6.92 Å². The number of H-pyrrole nitrogens is 1. The largest absolute Gasteiger partial charge is 0.476 e. The molecule has 20 heavy (non-hydrogen) atoms. The number of imidazole rings is 1. The fourth-order valence-electron chi connectivity index (χ4n) is 1.69.